The molecule has 5 nitrogen and oxygen atoms in total. The van der Waals surface area contributed by atoms with Gasteiger partial charge in [0.2, 0.25) is 11.8 Å². The van der Waals surface area contributed by atoms with Gasteiger partial charge in [0.05, 0.1) is 0 Å². The molecule has 29 heavy (non-hydrogen) atoms. The topological polar surface area (TPSA) is 52.7 Å². The summed E-state index contributed by atoms with van der Waals surface area (Å²) in [6, 6.07) is 8.20. The zero-order valence-electron chi connectivity index (χ0n) is 18.1. The van der Waals surface area contributed by atoms with Crippen molar-refractivity contribution in [3.05, 3.63) is 35.9 Å². The molecule has 3 rings (SSSR count). The average molecular weight is 398 g/mol. The van der Waals surface area contributed by atoms with Gasteiger partial charge in [-0.3, -0.25) is 14.5 Å². The number of anilines is 1. The summed E-state index contributed by atoms with van der Waals surface area (Å²) >= 11 is 0. The Labute approximate surface area is 175 Å². The third kappa shape index (κ3) is 5.92. The third-order valence-electron chi connectivity index (χ3n) is 6.25. The van der Waals surface area contributed by atoms with Crippen LogP contribution in [-0.2, 0) is 9.59 Å². The summed E-state index contributed by atoms with van der Waals surface area (Å²) in [6.07, 6.45) is 7.49. The molecular weight excluding hydrogens is 362 g/mol. The molecule has 1 aromatic rings. The van der Waals surface area contributed by atoms with E-state index in [4.69, 9.17) is 0 Å². The average Bonchev–Trinajstić information content (AvgIpc) is 3.14. The van der Waals surface area contributed by atoms with Gasteiger partial charge >= 0.3 is 0 Å². The van der Waals surface area contributed by atoms with Crippen molar-refractivity contribution < 1.29 is 9.59 Å². The van der Waals surface area contributed by atoms with Crippen molar-refractivity contribution in [1.29, 1.82) is 0 Å². The molecule has 2 heterocycles. The second-order valence-electron chi connectivity index (χ2n) is 8.85. The van der Waals surface area contributed by atoms with Crippen LogP contribution in [0.15, 0.2) is 30.3 Å². The number of likely N-dealkylation sites (tertiary alicyclic amines) is 1. The SMILES string of the molecule is CC1CCN([C@H](CNC(=O)/C=C/c2ccc(N3CCCC3=O)cc2)C(C)C)CC1. The van der Waals surface area contributed by atoms with E-state index in [9.17, 15) is 9.59 Å². The Balaban J connectivity index is 1.50. The second-order valence-corrected chi connectivity index (χ2v) is 8.85. The van der Waals surface area contributed by atoms with E-state index in [0.717, 1.165) is 43.2 Å². The van der Waals surface area contributed by atoms with Crippen molar-refractivity contribution in [3.8, 4) is 0 Å². The predicted octanol–water partition coefficient (Wildman–Crippen LogP) is 3.70. The molecule has 1 N–H and O–H groups in total. The van der Waals surface area contributed by atoms with Gasteiger partial charge in [0.25, 0.3) is 0 Å². The van der Waals surface area contributed by atoms with Crippen LogP contribution < -0.4 is 10.2 Å². The number of hydrogen-bond acceptors (Lipinski definition) is 3. The van der Waals surface area contributed by atoms with Crippen molar-refractivity contribution in [2.24, 2.45) is 11.8 Å². The summed E-state index contributed by atoms with van der Waals surface area (Å²) in [6.45, 7) is 10.5. The molecule has 0 unspecified atom stereocenters. The lowest BCUT2D eigenvalue weighted by Gasteiger charge is -2.38. The highest BCUT2D eigenvalue weighted by molar-refractivity contribution is 5.95. The number of nitrogens with one attached hydrogen (secondary N) is 1. The molecule has 5 heteroatoms. The van der Waals surface area contributed by atoms with Crippen LogP contribution in [0.2, 0.25) is 0 Å². The monoisotopic (exact) mass is 397 g/mol. The van der Waals surface area contributed by atoms with Crippen LogP contribution in [-0.4, -0.2) is 48.9 Å². The largest absolute Gasteiger partial charge is 0.351 e. The van der Waals surface area contributed by atoms with Gasteiger partial charge < -0.3 is 10.2 Å². The van der Waals surface area contributed by atoms with Crippen LogP contribution >= 0.6 is 0 Å². The smallest absolute Gasteiger partial charge is 0.244 e. The number of nitrogens with zero attached hydrogens (tertiary/aromatic N) is 2. The van der Waals surface area contributed by atoms with Crippen LogP contribution in [0.3, 0.4) is 0 Å². The number of amides is 2. The molecule has 2 saturated heterocycles. The molecule has 0 spiro atoms. The van der Waals surface area contributed by atoms with Gasteiger partial charge in [-0.15, -0.1) is 0 Å². The molecule has 2 aliphatic heterocycles. The third-order valence-corrected chi connectivity index (χ3v) is 6.25. The first-order valence-electron chi connectivity index (χ1n) is 11.0. The lowest BCUT2D eigenvalue weighted by molar-refractivity contribution is -0.117. The summed E-state index contributed by atoms with van der Waals surface area (Å²) in [5.74, 6) is 1.45. The number of carbonyl (C=O) groups excluding carboxylic acids is 2. The Morgan fingerprint density at radius 2 is 1.86 bits per heavy atom. The standard InChI is InChI=1S/C24H35N3O2/c1-18(2)22(26-15-12-19(3)13-16-26)17-25-23(28)11-8-20-6-9-21(10-7-20)27-14-4-5-24(27)29/h6-11,18-19,22H,4-5,12-17H2,1-3H3,(H,25,28)/b11-8+/t22-/m1/s1. The summed E-state index contributed by atoms with van der Waals surface area (Å²) in [7, 11) is 0. The molecule has 1 atom stereocenters. The Kier molecular flexibility index (Phi) is 7.48. The van der Waals surface area contributed by atoms with E-state index in [2.05, 4.69) is 31.0 Å². The van der Waals surface area contributed by atoms with Crippen molar-refractivity contribution in [2.45, 2.75) is 52.5 Å². The molecule has 2 fully saturated rings. The normalized spacial score (nSPS) is 20.0. The zero-order valence-corrected chi connectivity index (χ0v) is 18.1. The van der Waals surface area contributed by atoms with E-state index in [1.807, 2.05) is 35.2 Å². The Hall–Kier alpha value is -2.14. The fraction of sp³-hybridized carbons (Fsp3) is 0.583. The molecule has 2 aliphatic rings. The number of carbonyl (C=O) groups is 2. The molecule has 0 aromatic heterocycles. The molecule has 1 aromatic carbocycles. The highest BCUT2D eigenvalue weighted by Crippen LogP contribution is 2.22. The van der Waals surface area contributed by atoms with Gasteiger partial charge in [0, 0.05) is 37.3 Å². The van der Waals surface area contributed by atoms with E-state index in [-0.39, 0.29) is 11.8 Å². The molecular formula is C24H35N3O2. The minimum atomic E-state index is -0.0557. The van der Waals surface area contributed by atoms with Crippen molar-refractivity contribution >= 4 is 23.6 Å². The Bertz CT molecular complexity index is 718. The van der Waals surface area contributed by atoms with E-state index < -0.39 is 0 Å². The summed E-state index contributed by atoms with van der Waals surface area (Å²) in [4.78, 5) is 28.5. The van der Waals surface area contributed by atoms with Gasteiger partial charge in [0.1, 0.15) is 0 Å². The second kappa shape index (κ2) is 10.1. The van der Waals surface area contributed by atoms with Crippen molar-refractivity contribution in [2.75, 3.05) is 31.1 Å². The van der Waals surface area contributed by atoms with Crippen LogP contribution in [0.4, 0.5) is 5.69 Å². The molecule has 2 amide bonds. The highest BCUT2D eigenvalue weighted by atomic mass is 16.2. The van der Waals surface area contributed by atoms with E-state index in [1.54, 1.807) is 6.08 Å². The number of piperidine rings is 1. The van der Waals surface area contributed by atoms with E-state index in [0.29, 0.717) is 24.9 Å². The Morgan fingerprint density at radius 3 is 2.45 bits per heavy atom. The van der Waals surface area contributed by atoms with Gasteiger partial charge in [-0.1, -0.05) is 32.9 Å². The van der Waals surface area contributed by atoms with Gasteiger partial charge in [-0.25, -0.2) is 0 Å². The van der Waals surface area contributed by atoms with E-state index in [1.165, 1.54) is 12.8 Å². The Morgan fingerprint density at radius 1 is 1.17 bits per heavy atom. The van der Waals surface area contributed by atoms with Crippen molar-refractivity contribution in [3.63, 3.8) is 0 Å². The van der Waals surface area contributed by atoms with Crippen LogP contribution in [0, 0.1) is 11.8 Å². The maximum absolute atomic E-state index is 12.3. The van der Waals surface area contributed by atoms with Gasteiger partial charge in [-0.2, -0.15) is 0 Å². The first-order valence-corrected chi connectivity index (χ1v) is 11.0. The van der Waals surface area contributed by atoms with Crippen LogP contribution in [0.1, 0.15) is 52.0 Å². The maximum Gasteiger partial charge on any atom is 0.244 e. The predicted molar refractivity (Wildman–Crippen MR) is 119 cm³/mol. The van der Waals surface area contributed by atoms with Crippen LogP contribution in [0.25, 0.3) is 6.08 Å². The summed E-state index contributed by atoms with van der Waals surface area (Å²) < 4.78 is 0. The van der Waals surface area contributed by atoms with Gasteiger partial charge in [-0.05, 0) is 68.0 Å². The molecule has 158 valence electrons. The number of rotatable bonds is 7. The van der Waals surface area contributed by atoms with E-state index >= 15 is 0 Å². The van der Waals surface area contributed by atoms with Crippen LogP contribution in [0.5, 0.6) is 0 Å². The molecule has 0 radical (unpaired) electrons. The fourth-order valence-electron chi connectivity index (χ4n) is 4.27. The zero-order chi connectivity index (χ0) is 20.8. The molecule has 0 aliphatic carbocycles. The lowest BCUT2D eigenvalue weighted by atomic mass is 9.94. The molecule has 0 saturated carbocycles. The summed E-state index contributed by atoms with van der Waals surface area (Å²) in [5, 5.41) is 3.08. The minimum absolute atomic E-state index is 0.0557. The first kappa shape index (κ1) is 21.6. The van der Waals surface area contributed by atoms with Gasteiger partial charge in [0.15, 0.2) is 0 Å². The minimum Gasteiger partial charge on any atom is -0.351 e. The quantitative estimate of drug-likeness (QED) is 0.714. The fourth-order valence-corrected chi connectivity index (χ4v) is 4.27. The first-order chi connectivity index (χ1) is 13.9. The molecule has 0 bridgehead atoms. The highest BCUT2D eigenvalue weighted by Gasteiger charge is 2.25. The lowest BCUT2D eigenvalue weighted by Crippen LogP contribution is -2.49. The number of benzene rings is 1. The maximum atomic E-state index is 12.3. The number of hydrogen-bond donors (Lipinski definition) is 1. The van der Waals surface area contributed by atoms with Crippen molar-refractivity contribution in [1.82, 2.24) is 10.2 Å². The summed E-state index contributed by atoms with van der Waals surface area (Å²) in [5.41, 5.74) is 1.89.